The van der Waals surface area contributed by atoms with Crippen molar-refractivity contribution in [1.29, 1.82) is 0 Å². The molecule has 1 atom stereocenters. The van der Waals surface area contributed by atoms with E-state index in [4.69, 9.17) is 17.3 Å². The van der Waals surface area contributed by atoms with Gasteiger partial charge in [-0.05, 0) is 18.6 Å². The molecule has 7 heteroatoms. The molecule has 0 amide bonds. The van der Waals surface area contributed by atoms with Gasteiger partial charge in [-0.1, -0.05) is 11.6 Å². The van der Waals surface area contributed by atoms with E-state index in [9.17, 15) is 13.2 Å². The fourth-order valence-electron chi connectivity index (χ4n) is 0.936. The summed E-state index contributed by atoms with van der Waals surface area (Å²) in [5, 5.41) is 0.0149. The number of aromatic nitrogens is 1. The van der Waals surface area contributed by atoms with E-state index in [0.29, 0.717) is 5.56 Å². The topological polar surface area (TPSA) is 48.1 Å². The standard InChI is InChI=1S/C9H10ClF3N2O/c1-5(9(11,12)13)16-8-7(10)6(4-14)2-3-15-8/h2-3,5H,4,14H2,1H3. The van der Waals surface area contributed by atoms with Crippen LogP contribution < -0.4 is 10.5 Å². The van der Waals surface area contributed by atoms with E-state index in [-0.39, 0.29) is 17.4 Å². The van der Waals surface area contributed by atoms with E-state index in [1.165, 1.54) is 12.3 Å². The summed E-state index contributed by atoms with van der Waals surface area (Å²) in [6.45, 7) is 0.991. The Morgan fingerprint density at radius 3 is 2.69 bits per heavy atom. The highest BCUT2D eigenvalue weighted by atomic mass is 35.5. The SMILES string of the molecule is CC(Oc1nccc(CN)c1Cl)C(F)(F)F. The van der Waals surface area contributed by atoms with E-state index >= 15 is 0 Å². The van der Waals surface area contributed by atoms with Crippen LogP contribution in [0.25, 0.3) is 0 Å². The number of pyridine rings is 1. The second-order valence-corrected chi connectivity index (χ2v) is 3.47. The van der Waals surface area contributed by atoms with E-state index in [1.807, 2.05) is 0 Å². The van der Waals surface area contributed by atoms with Crippen LogP contribution in [0.5, 0.6) is 5.88 Å². The molecule has 0 fully saturated rings. The minimum atomic E-state index is -4.45. The lowest BCUT2D eigenvalue weighted by Gasteiger charge is -2.18. The lowest BCUT2D eigenvalue weighted by Crippen LogP contribution is -2.31. The molecule has 0 bridgehead atoms. The molecule has 16 heavy (non-hydrogen) atoms. The molecule has 0 saturated heterocycles. The number of nitrogens with zero attached hydrogens (tertiary/aromatic N) is 1. The first-order chi connectivity index (χ1) is 7.36. The fourth-order valence-corrected chi connectivity index (χ4v) is 1.17. The van der Waals surface area contributed by atoms with E-state index < -0.39 is 12.3 Å². The average molecular weight is 255 g/mol. The summed E-state index contributed by atoms with van der Waals surface area (Å²) in [4.78, 5) is 3.63. The van der Waals surface area contributed by atoms with E-state index in [2.05, 4.69) is 9.72 Å². The number of alkyl halides is 3. The number of rotatable bonds is 3. The van der Waals surface area contributed by atoms with Gasteiger partial charge in [0.2, 0.25) is 5.88 Å². The molecule has 0 radical (unpaired) electrons. The summed E-state index contributed by atoms with van der Waals surface area (Å²) >= 11 is 5.77. The Morgan fingerprint density at radius 2 is 2.19 bits per heavy atom. The van der Waals surface area contributed by atoms with Crippen molar-refractivity contribution in [2.75, 3.05) is 0 Å². The molecule has 1 aromatic rings. The van der Waals surface area contributed by atoms with Crippen molar-refractivity contribution >= 4 is 11.6 Å². The molecule has 0 aliphatic carbocycles. The maximum absolute atomic E-state index is 12.2. The summed E-state index contributed by atoms with van der Waals surface area (Å²) in [6, 6.07) is 1.52. The Morgan fingerprint density at radius 1 is 1.56 bits per heavy atom. The minimum Gasteiger partial charge on any atom is -0.464 e. The number of hydrogen-bond donors (Lipinski definition) is 1. The molecule has 2 N–H and O–H groups in total. The van der Waals surface area contributed by atoms with Gasteiger partial charge >= 0.3 is 6.18 Å². The number of ether oxygens (including phenoxy) is 1. The average Bonchev–Trinajstić information content (AvgIpc) is 2.19. The first-order valence-electron chi connectivity index (χ1n) is 4.43. The normalized spacial score (nSPS) is 13.6. The van der Waals surface area contributed by atoms with Crippen molar-refractivity contribution in [3.05, 3.63) is 22.8 Å². The predicted octanol–water partition coefficient (Wildman–Crippen LogP) is 2.52. The van der Waals surface area contributed by atoms with Crippen LogP contribution in [-0.4, -0.2) is 17.3 Å². The Labute approximate surface area is 95.4 Å². The van der Waals surface area contributed by atoms with Gasteiger partial charge in [0.25, 0.3) is 0 Å². The predicted molar refractivity (Wildman–Crippen MR) is 53.3 cm³/mol. The summed E-state index contributed by atoms with van der Waals surface area (Å²) in [5.74, 6) is -0.255. The van der Waals surface area contributed by atoms with Crippen LogP contribution in [0.1, 0.15) is 12.5 Å². The second-order valence-electron chi connectivity index (χ2n) is 3.10. The molecule has 0 aromatic carbocycles. The van der Waals surface area contributed by atoms with Gasteiger partial charge in [-0.15, -0.1) is 0 Å². The maximum atomic E-state index is 12.2. The van der Waals surface area contributed by atoms with Crippen LogP contribution in [0.15, 0.2) is 12.3 Å². The quantitative estimate of drug-likeness (QED) is 0.902. The molecular weight excluding hydrogens is 245 g/mol. The summed E-state index contributed by atoms with van der Waals surface area (Å²) in [7, 11) is 0. The van der Waals surface area contributed by atoms with Gasteiger partial charge in [0.05, 0.1) is 0 Å². The summed E-state index contributed by atoms with van der Waals surface area (Å²) in [5.41, 5.74) is 5.83. The first kappa shape index (κ1) is 13.1. The Balaban J connectivity index is 2.90. The van der Waals surface area contributed by atoms with Gasteiger partial charge in [-0.3, -0.25) is 0 Å². The molecule has 1 rings (SSSR count). The molecule has 0 spiro atoms. The fraction of sp³-hybridized carbons (Fsp3) is 0.444. The highest BCUT2D eigenvalue weighted by Crippen LogP contribution is 2.29. The summed E-state index contributed by atoms with van der Waals surface area (Å²) < 4.78 is 41.3. The molecule has 3 nitrogen and oxygen atoms in total. The highest BCUT2D eigenvalue weighted by Gasteiger charge is 2.38. The first-order valence-corrected chi connectivity index (χ1v) is 4.81. The smallest absolute Gasteiger partial charge is 0.425 e. The Hall–Kier alpha value is -1.01. The molecular formula is C9H10ClF3N2O. The minimum absolute atomic E-state index is 0.0149. The van der Waals surface area contributed by atoms with Crippen LogP contribution in [0.3, 0.4) is 0 Å². The Kier molecular flexibility index (Phi) is 3.98. The van der Waals surface area contributed by atoms with Crippen molar-refractivity contribution in [2.24, 2.45) is 5.73 Å². The van der Waals surface area contributed by atoms with Gasteiger partial charge in [0.1, 0.15) is 5.02 Å². The van der Waals surface area contributed by atoms with Crippen molar-refractivity contribution in [3.8, 4) is 5.88 Å². The van der Waals surface area contributed by atoms with Gasteiger partial charge in [0.15, 0.2) is 6.10 Å². The third-order valence-electron chi connectivity index (χ3n) is 1.91. The zero-order valence-corrected chi connectivity index (χ0v) is 9.14. The van der Waals surface area contributed by atoms with Crippen LogP contribution in [0.4, 0.5) is 13.2 Å². The van der Waals surface area contributed by atoms with Crippen molar-refractivity contribution < 1.29 is 17.9 Å². The summed E-state index contributed by atoms with van der Waals surface area (Å²) in [6.07, 6.45) is -5.12. The molecule has 1 heterocycles. The monoisotopic (exact) mass is 254 g/mol. The van der Waals surface area contributed by atoms with Gasteiger partial charge in [-0.25, -0.2) is 4.98 Å². The zero-order valence-electron chi connectivity index (χ0n) is 8.38. The Bertz CT molecular complexity index is 370. The van der Waals surface area contributed by atoms with Crippen molar-refractivity contribution in [2.45, 2.75) is 25.7 Å². The van der Waals surface area contributed by atoms with Crippen LogP contribution in [0, 0.1) is 0 Å². The van der Waals surface area contributed by atoms with Gasteiger partial charge in [0, 0.05) is 12.7 Å². The zero-order chi connectivity index (χ0) is 12.3. The number of hydrogen-bond acceptors (Lipinski definition) is 3. The third kappa shape index (κ3) is 2.99. The molecule has 90 valence electrons. The molecule has 1 aromatic heterocycles. The van der Waals surface area contributed by atoms with Crippen molar-refractivity contribution in [3.63, 3.8) is 0 Å². The van der Waals surface area contributed by atoms with Crippen LogP contribution in [-0.2, 0) is 6.54 Å². The van der Waals surface area contributed by atoms with E-state index in [1.54, 1.807) is 0 Å². The van der Waals surface area contributed by atoms with E-state index in [0.717, 1.165) is 6.92 Å². The van der Waals surface area contributed by atoms with Crippen LogP contribution in [0.2, 0.25) is 5.02 Å². The van der Waals surface area contributed by atoms with Crippen LogP contribution >= 0.6 is 11.6 Å². The lowest BCUT2D eigenvalue weighted by molar-refractivity contribution is -0.189. The second kappa shape index (κ2) is 4.88. The van der Waals surface area contributed by atoms with Gasteiger partial charge < -0.3 is 10.5 Å². The molecule has 1 unspecified atom stereocenters. The number of nitrogens with two attached hydrogens (primary N) is 1. The molecule has 0 aliphatic rings. The van der Waals surface area contributed by atoms with Crippen molar-refractivity contribution in [1.82, 2.24) is 4.98 Å². The largest absolute Gasteiger partial charge is 0.464 e. The number of halogens is 4. The highest BCUT2D eigenvalue weighted by molar-refractivity contribution is 6.32. The maximum Gasteiger partial charge on any atom is 0.425 e. The lowest BCUT2D eigenvalue weighted by atomic mass is 10.2. The molecule has 0 aliphatic heterocycles. The molecule has 0 saturated carbocycles. The van der Waals surface area contributed by atoms with Gasteiger partial charge in [-0.2, -0.15) is 13.2 Å². The third-order valence-corrected chi connectivity index (χ3v) is 2.31.